The third-order valence-corrected chi connectivity index (χ3v) is 3.45. The first-order valence-electron chi connectivity index (χ1n) is 6.72. The summed E-state index contributed by atoms with van der Waals surface area (Å²) in [6, 6.07) is 4.96. The molecule has 0 aliphatic carbocycles. The minimum Gasteiger partial charge on any atom is -0.395 e. The number of aliphatic hydroxyl groups excluding tert-OH is 1. The molecule has 2 aliphatic rings. The smallest absolute Gasteiger partial charge is 0.319 e. The molecule has 0 aromatic heterocycles. The molecule has 114 valence electrons. The van der Waals surface area contributed by atoms with Gasteiger partial charge in [0, 0.05) is 29.6 Å². The Balaban J connectivity index is 1.84. The number of rotatable bonds is 4. The van der Waals surface area contributed by atoms with Crippen molar-refractivity contribution in [1.82, 2.24) is 10.2 Å². The number of fused-ring (bicyclic) bond motifs is 1. The first-order valence-corrected chi connectivity index (χ1v) is 6.72. The molecular weight excluding hydrogens is 288 g/mol. The number of hydrogen-bond acceptors (Lipinski definition) is 5. The van der Waals surface area contributed by atoms with Gasteiger partial charge < -0.3 is 21.1 Å². The predicted molar refractivity (Wildman–Crippen MR) is 77.8 cm³/mol. The molecule has 4 amide bonds. The van der Waals surface area contributed by atoms with Gasteiger partial charge in [-0.3, -0.25) is 14.5 Å². The van der Waals surface area contributed by atoms with Gasteiger partial charge in [0.2, 0.25) is 0 Å². The van der Waals surface area contributed by atoms with E-state index in [1.165, 1.54) is 6.08 Å². The fraction of sp³-hybridized carbons (Fsp3) is 0.214. The average molecular weight is 302 g/mol. The van der Waals surface area contributed by atoms with Crippen LogP contribution < -0.4 is 16.0 Å². The number of nitrogens with zero attached hydrogens (tertiary/aromatic N) is 1. The molecule has 0 radical (unpaired) electrons. The molecule has 2 aliphatic heterocycles. The zero-order valence-corrected chi connectivity index (χ0v) is 11.5. The SMILES string of the molecule is O=C1NCc2c(cccc2NC2=CC(=O)N(CCO)C2=O)N1. The normalized spacial score (nSPS) is 16.9. The van der Waals surface area contributed by atoms with Crippen molar-refractivity contribution in [3.8, 4) is 0 Å². The molecule has 2 heterocycles. The zero-order chi connectivity index (χ0) is 15.7. The Morgan fingerprint density at radius 3 is 2.86 bits per heavy atom. The molecule has 0 unspecified atom stereocenters. The van der Waals surface area contributed by atoms with Crippen molar-refractivity contribution in [1.29, 1.82) is 0 Å². The van der Waals surface area contributed by atoms with Crippen LogP contribution in [0.3, 0.4) is 0 Å². The monoisotopic (exact) mass is 302 g/mol. The summed E-state index contributed by atoms with van der Waals surface area (Å²) in [5, 5.41) is 17.1. The summed E-state index contributed by atoms with van der Waals surface area (Å²) in [5.41, 5.74) is 2.22. The lowest BCUT2D eigenvalue weighted by Gasteiger charge is -2.22. The fourth-order valence-electron chi connectivity index (χ4n) is 2.40. The number of imide groups is 1. The molecule has 8 heteroatoms. The number of benzene rings is 1. The number of hydrogen-bond donors (Lipinski definition) is 4. The average Bonchev–Trinajstić information content (AvgIpc) is 2.75. The Labute approximate surface area is 125 Å². The van der Waals surface area contributed by atoms with Crippen molar-refractivity contribution >= 4 is 29.2 Å². The van der Waals surface area contributed by atoms with Crippen molar-refractivity contribution < 1.29 is 19.5 Å². The van der Waals surface area contributed by atoms with Gasteiger partial charge in [0.1, 0.15) is 5.70 Å². The van der Waals surface area contributed by atoms with E-state index < -0.39 is 11.8 Å². The highest BCUT2D eigenvalue weighted by Gasteiger charge is 2.31. The third-order valence-electron chi connectivity index (χ3n) is 3.45. The lowest BCUT2D eigenvalue weighted by molar-refractivity contribution is -0.137. The second kappa shape index (κ2) is 5.49. The molecule has 1 aromatic rings. The van der Waals surface area contributed by atoms with Crippen molar-refractivity contribution in [2.45, 2.75) is 6.54 Å². The van der Waals surface area contributed by atoms with Crippen LogP contribution in [0.5, 0.6) is 0 Å². The van der Waals surface area contributed by atoms with Crippen LogP contribution in [0.1, 0.15) is 5.56 Å². The zero-order valence-electron chi connectivity index (χ0n) is 11.5. The summed E-state index contributed by atoms with van der Waals surface area (Å²) >= 11 is 0. The van der Waals surface area contributed by atoms with Gasteiger partial charge in [0.25, 0.3) is 11.8 Å². The first kappa shape index (κ1) is 14.1. The maximum absolute atomic E-state index is 12.1. The summed E-state index contributed by atoms with van der Waals surface area (Å²) in [5.74, 6) is -0.942. The Bertz CT molecular complexity index is 698. The topological polar surface area (TPSA) is 111 Å². The van der Waals surface area contributed by atoms with Crippen molar-refractivity contribution in [3.63, 3.8) is 0 Å². The summed E-state index contributed by atoms with van der Waals surface area (Å²) < 4.78 is 0. The van der Waals surface area contributed by atoms with E-state index in [-0.39, 0.29) is 24.9 Å². The van der Waals surface area contributed by atoms with E-state index in [1.807, 2.05) is 0 Å². The number of nitrogens with one attached hydrogen (secondary N) is 3. The van der Waals surface area contributed by atoms with Crippen molar-refractivity contribution in [3.05, 3.63) is 35.5 Å². The molecule has 0 bridgehead atoms. The van der Waals surface area contributed by atoms with Crippen molar-refractivity contribution in [2.75, 3.05) is 23.8 Å². The quantitative estimate of drug-likeness (QED) is 0.584. The predicted octanol–water partition coefficient (Wildman–Crippen LogP) is -0.0214. The van der Waals surface area contributed by atoms with E-state index in [2.05, 4.69) is 16.0 Å². The van der Waals surface area contributed by atoms with Crippen LogP contribution in [0.25, 0.3) is 0 Å². The Hall–Kier alpha value is -2.87. The molecule has 0 saturated heterocycles. The molecular formula is C14H14N4O4. The number of carbonyl (C=O) groups is 3. The molecule has 4 N–H and O–H groups in total. The van der Waals surface area contributed by atoms with Gasteiger partial charge in [0.05, 0.1) is 13.2 Å². The highest BCUT2D eigenvalue weighted by atomic mass is 16.3. The molecule has 3 rings (SSSR count). The number of β-amino-alcohol motifs (C(OH)–C–C–N with tert-alkyl or cyclic N) is 1. The molecule has 8 nitrogen and oxygen atoms in total. The number of anilines is 2. The Morgan fingerprint density at radius 2 is 2.09 bits per heavy atom. The summed E-state index contributed by atoms with van der Waals surface area (Å²) in [6.45, 7) is -0.000740. The Kier molecular flexibility index (Phi) is 3.51. The summed E-state index contributed by atoms with van der Waals surface area (Å²) in [7, 11) is 0. The number of amides is 4. The fourth-order valence-corrected chi connectivity index (χ4v) is 2.40. The van der Waals surface area contributed by atoms with Gasteiger partial charge >= 0.3 is 6.03 Å². The number of urea groups is 1. The highest BCUT2D eigenvalue weighted by Crippen LogP contribution is 2.28. The molecule has 0 fully saturated rings. The Morgan fingerprint density at radius 1 is 1.27 bits per heavy atom. The number of carbonyl (C=O) groups excluding carboxylic acids is 3. The van der Waals surface area contributed by atoms with E-state index >= 15 is 0 Å². The van der Waals surface area contributed by atoms with Gasteiger partial charge in [0.15, 0.2) is 0 Å². The van der Waals surface area contributed by atoms with Gasteiger partial charge in [-0.15, -0.1) is 0 Å². The minimum absolute atomic E-state index is 0.0378. The van der Waals surface area contributed by atoms with Crippen LogP contribution in [0.15, 0.2) is 30.0 Å². The molecule has 0 saturated carbocycles. The van der Waals surface area contributed by atoms with Crippen LogP contribution in [0, 0.1) is 0 Å². The molecule has 0 spiro atoms. The largest absolute Gasteiger partial charge is 0.395 e. The van der Waals surface area contributed by atoms with Gasteiger partial charge in [-0.1, -0.05) is 6.07 Å². The van der Waals surface area contributed by atoms with Crippen LogP contribution in [0.2, 0.25) is 0 Å². The van der Waals surface area contributed by atoms with Crippen LogP contribution in [-0.4, -0.2) is 41.0 Å². The van der Waals surface area contributed by atoms with E-state index in [9.17, 15) is 14.4 Å². The first-order chi connectivity index (χ1) is 10.6. The van der Waals surface area contributed by atoms with Gasteiger partial charge in [-0.2, -0.15) is 0 Å². The third kappa shape index (κ3) is 2.40. The maximum atomic E-state index is 12.1. The van der Waals surface area contributed by atoms with Crippen molar-refractivity contribution in [2.24, 2.45) is 0 Å². The number of aliphatic hydroxyl groups is 1. The van der Waals surface area contributed by atoms with E-state index in [4.69, 9.17) is 5.11 Å². The lowest BCUT2D eigenvalue weighted by atomic mass is 10.1. The van der Waals surface area contributed by atoms with E-state index in [0.29, 0.717) is 17.9 Å². The minimum atomic E-state index is -0.482. The second-order valence-corrected chi connectivity index (χ2v) is 4.84. The second-order valence-electron chi connectivity index (χ2n) is 4.84. The molecule has 0 atom stereocenters. The van der Waals surface area contributed by atoms with E-state index in [0.717, 1.165) is 10.5 Å². The molecule has 1 aromatic carbocycles. The standard InChI is InChI=1S/C14H14N4O4/c19-5-4-18-12(20)6-11(13(18)21)16-9-2-1-3-10-8(9)7-15-14(22)17-10/h1-3,6,16,19H,4-5,7H2,(H2,15,17,22). The lowest BCUT2D eigenvalue weighted by Crippen LogP contribution is -2.35. The highest BCUT2D eigenvalue weighted by molar-refractivity contribution is 6.17. The van der Waals surface area contributed by atoms with E-state index in [1.54, 1.807) is 18.2 Å². The van der Waals surface area contributed by atoms with Crippen LogP contribution in [-0.2, 0) is 16.1 Å². The van der Waals surface area contributed by atoms with Crippen LogP contribution >= 0.6 is 0 Å². The molecule has 22 heavy (non-hydrogen) atoms. The van der Waals surface area contributed by atoms with Gasteiger partial charge in [-0.25, -0.2) is 4.79 Å². The summed E-state index contributed by atoms with van der Waals surface area (Å²) in [6.07, 6.45) is 1.20. The van der Waals surface area contributed by atoms with Gasteiger partial charge in [-0.05, 0) is 12.1 Å². The maximum Gasteiger partial charge on any atom is 0.319 e. The summed E-state index contributed by atoms with van der Waals surface area (Å²) in [4.78, 5) is 36.1. The van der Waals surface area contributed by atoms with Crippen LogP contribution in [0.4, 0.5) is 16.2 Å².